The third-order valence-electron chi connectivity index (χ3n) is 13.4. The Labute approximate surface area is 214 Å². The van der Waals surface area contributed by atoms with E-state index < -0.39 is 0 Å². The normalized spacial score (nSPS) is 34.7. The summed E-state index contributed by atoms with van der Waals surface area (Å²) in [6, 6.07) is 8.01. The fraction of sp³-hybridized carbons (Fsp3) is 0.676. The van der Waals surface area contributed by atoms with Crippen LogP contribution in [0.1, 0.15) is 147 Å². The maximum Gasteiger partial charge on any atom is 0.213 e. The van der Waals surface area contributed by atoms with Crippen LogP contribution in [-0.4, -0.2) is 0 Å². The van der Waals surface area contributed by atoms with Gasteiger partial charge in [0.05, 0.1) is 11.0 Å². The van der Waals surface area contributed by atoms with Crippen molar-refractivity contribution in [2.24, 2.45) is 5.41 Å². The Hall–Kier alpha value is -1.63. The Morgan fingerprint density at radius 2 is 1.23 bits per heavy atom. The molecular formula is C34H48N+. The predicted molar refractivity (Wildman–Crippen MR) is 147 cm³/mol. The number of pyridine rings is 1. The van der Waals surface area contributed by atoms with Crippen LogP contribution in [0.25, 0.3) is 11.3 Å². The van der Waals surface area contributed by atoms with Crippen LogP contribution < -0.4 is 4.57 Å². The minimum Gasteiger partial charge on any atom is -0.192 e. The zero-order valence-electron chi connectivity index (χ0n) is 24.2. The topological polar surface area (TPSA) is 3.88 Å². The summed E-state index contributed by atoms with van der Waals surface area (Å²) in [6.07, 6.45) is 10.5. The molecule has 1 nitrogen and oxygen atoms in total. The summed E-state index contributed by atoms with van der Waals surface area (Å²) in [4.78, 5) is 0. The van der Waals surface area contributed by atoms with Gasteiger partial charge in [0, 0.05) is 25.0 Å². The molecule has 1 aromatic heterocycles. The molecule has 35 heavy (non-hydrogen) atoms. The summed E-state index contributed by atoms with van der Waals surface area (Å²) in [5.74, 6) is 1.56. The van der Waals surface area contributed by atoms with Gasteiger partial charge in [-0.2, -0.15) is 4.57 Å². The van der Waals surface area contributed by atoms with Crippen LogP contribution in [0, 0.1) is 5.41 Å². The molecule has 188 valence electrons. The molecule has 0 N–H and O–H groups in total. The molecule has 1 aliphatic heterocycles. The largest absolute Gasteiger partial charge is 0.213 e. The van der Waals surface area contributed by atoms with E-state index in [1.54, 1.807) is 27.8 Å². The summed E-state index contributed by atoms with van der Waals surface area (Å²) in [5, 5.41) is 0. The standard InChI is InChI=1S/C34H48N/c1-11-33(9)26-19-28-27(30(3,4)32(7,8)31(28,5)6)17-24(26)29-18-23-21-13-15-22(16-14-21)25(23)20-35(29)34(33,10)12-2/h17-22H,11-16H2,1-10H3/q+1. The smallest absolute Gasteiger partial charge is 0.192 e. The molecule has 1 saturated carbocycles. The van der Waals surface area contributed by atoms with Crippen LogP contribution in [0.4, 0.5) is 0 Å². The highest BCUT2D eigenvalue weighted by Gasteiger charge is 2.61. The molecule has 0 spiro atoms. The Bertz CT molecular complexity index is 1240. The Morgan fingerprint density at radius 1 is 0.686 bits per heavy atom. The van der Waals surface area contributed by atoms with Gasteiger partial charge in [-0.1, -0.05) is 61.5 Å². The molecule has 2 atom stereocenters. The summed E-state index contributed by atoms with van der Waals surface area (Å²) in [6.45, 7) is 24.9. The van der Waals surface area contributed by atoms with Gasteiger partial charge in [0.2, 0.25) is 5.69 Å². The average Bonchev–Trinajstić information content (AvgIpc) is 2.95. The second kappa shape index (κ2) is 6.81. The van der Waals surface area contributed by atoms with Crippen LogP contribution in [-0.2, 0) is 21.8 Å². The number of rotatable bonds is 2. The number of hydrogen-bond acceptors (Lipinski definition) is 0. The van der Waals surface area contributed by atoms with Crippen molar-refractivity contribution < 1.29 is 4.57 Å². The van der Waals surface area contributed by atoms with E-state index in [1.807, 2.05) is 0 Å². The van der Waals surface area contributed by atoms with Crippen molar-refractivity contribution in [1.29, 1.82) is 0 Å². The van der Waals surface area contributed by atoms with E-state index in [4.69, 9.17) is 0 Å². The minimum atomic E-state index is 0.0673. The van der Waals surface area contributed by atoms with Gasteiger partial charge in [0.1, 0.15) is 0 Å². The second-order valence-corrected chi connectivity index (χ2v) is 14.6. The molecule has 2 heterocycles. The lowest BCUT2D eigenvalue weighted by molar-refractivity contribution is -0.765. The first kappa shape index (κ1) is 23.7. The molecule has 0 amide bonds. The summed E-state index contributed by atoms with van der Waals surface area (Å²) < 4.78 is 2.77. The summed E-state index contributed by atoms with van der Waals surface area (Å²) in [7, 11) is 0. The van der Waals surface area contributed by atoms with Crippen LogP contribution >= 0.6 is 0 Å². The highest BCUT2D eigenvalue weighted by Crippen LogP contribution is 2.64. The molecule has 2 bridgehead atoms. The molecule has 1 aromatic carbocycles. The first-order valence-corrected chi connectivity index (χ1v) is 14.6. The van der Waals surface area contributed by atoms with Crippen molar-refractivity contribution >= 4 is 0 Å². The third kappa shape index (κ3) is 2.50. The first-order valence-electron chi connectivity index (χ1n) is 14.6. The van der Waals surface area contributed by atoms with Crippen LogP contribution in [0.5, 0.6) is 0 Å². The second-order valence-electron chi connectivity index (χ2n) is 14.6. The fourth-order valence-corrected chi connectivity index (χ4v) is 9.05. The molecular weight excluding hydrogens is 422 g/mol. The molecule has 2 aromatic rings. The van der Waals surface area contributed by atoms with Gasteiger partial charge in [-0.05, 0) is 95.4 Å². The maximum absolute atomic E-state index is 2.77. The lowest BCUT2D eigenvalue weighted by Gasteiger charge is -2.48. The van der Waals surface area contributed by atoms with Gasteiger partial charge in [0.25, 0.3) is 0 Å². The van der Waals surface area contributed by atoms with E-state index in [-0.39, 0.29) is 27.2 Å². The zero-order valence-corrected chi connectivity index (χ0v) is 24.2. The van der Waals surface area contributed by atoms with Gasteiger partial charge in [-0.3, -0.25) is 0 Å². The molecule has 4 aliphatic carbocycles. The molecule has 1 heteroatoms. The predicted octanol–water partition coefficient (Wildman–Crippen LogP) is 8.80. The zero-order chi connectivity index (χ0) is 25.3. The molecule has 0 radical (unpaired) electrons. The fourth-order valence-electron chi connectivity index (χ4n) is 9.05. The Balaban J connectivity index is 1.72. The lowest BCUT2D eigenvalue weighted by Crippen LogP contribution is -2.67. The molecule has 5 aliphatic rings. The van der Waals surface area contributed by atoms with Crippen molar-refractivity contribution in [2.75, 3.05) is 0 Å². The maximum atomic E-state index is 2.77. The molecule has 7 rings (SSSR count). The van der Waals surface area contributed by atoms with Crippen LogP contribution in [0.15, 0.2) is 24.4 Å². The van der Waals surface area contributed by atoms with Crippen molar-refractivity contribution in [1.82, 2.24) is 0 Å². The van der Waals surface area contributed by atoms with E-state index in [2.05, 4.69) is 98.2 Å². The summed E-state index contributed by atoms with van der Waals surface area (Å²) >= 11 is 0. The van der Waals surface area contributed by atoms with Gasteiger partial charge < -0.3 is 0 Å². The molecule has 0 saturated heterocycles. The van der Waals surface area contributed by atoms with Crippen LogP contribution in [0.2, 0.25) is 0 Å². The first-order chi connectivity index (χ1) is 16.3. The average molecular weight is 471 g/mol. The number of nitrogens with zero attached hydrogens (tertiary/aromatic N) is 1. The quantitative estimate of drug-likeness (QED) is 0.386. The van der Waals surface area contributed by atoms with Crippen LogP contribution in [0.3, 0.4) is 0 Å². The molecule has 2 unspecified atom stereocenters. The van der Waals surface area contributed by atoms with E-state index >= 15 is 0 Å². The Kier molecular flexibility index (Phi) is 4.62. The van der Waals surface area contributed by atoms with Gasteiger partial charge >= 0.3 is 0 Å². The van der Waals surface area contributed by atoms with Crippen molar-refractivity contribution in [3.63, 3.8) is 0 Å². The van der Waals surface area contributed by atoms with Gasteiger partial charge in [-0.25, -0.2) is 0 Å². The number of benzene rings is 1. The number of fused-ring (bicyclic) bond motifs is 6. The van der Waals surface area contributed by atoms with Gasteiger partial charge in [-0.15, -0.1) is 0 Å². The van der Waals surface area contributed by atoms with Gasteiger partial charge in [0.15, 0.2) is 11.7 Å². The highest BCUT2D eigenvalue weighted by molar-refractivity contribution is 5.71. The number of aromatic nitrogens is 1. The third-order valence-corrected chi connectivity index (χ3v) is 13.4. The summed E-state index contributed by atoms with van der Waals surface area (Å²) in [5.41, 5.74) is 11.8. The number of hydrogen-bond donors (Lipinski definition) is 0. The van der Waals surface area contributed by atoms with E-state index in [1.165, 1.54) is 36.9 Å². The van der Waals surface area contributed by atoms with Crippen molar-refractivity contribution in [2.45, 2.75) is 141 Å². The van der Waals surface area contributed by atoms with E-state index in [9.17, 15) is 0 Å². The van der Waals surface area contributed by atoms with E-state index in [0.29, 0.717) is 0 Å². The minimum absolute atomic E-state index is 0.0673. The molecule has 1 fully saturated rings. The highest BCUT2D eigenvalue weighted by atomic mass is 15.1. The van der Waals surface area contributed by atoms with E-state index in [0.717, 1.165) is 24.7 Å². The van der Waals surface area contributed by atoms with Crippen molar-refractivity contribution in [3.05, 3.63) is 52.2 Å². The Morgan fingerprint density at radius 3 is 1.77 bits per heavy atom. The SMILES string of the molecule is CCC1(C)c2cc3c(cc2-c2cc4c(c[n+]2C1(C)CC)C1CCC4CC1)C(C)(C)C(C)(C)C3(C)C. The monoisotopic (exact) mass is 470 g/mol. The van der Waals surface area contributed by atoms with Crippen molar-refractivity contribution in [3.8, 4) is 11.3 Å². The lowest BCUT2D eigenvalue weighted by atomic mass is 9.59.